The van der Waals surface area contributed by atoms with E-state index in [0.717, 1.165) is 41.5 Å². The number of aliphatic hydroxyl groups excluding tert-OH is 1. The zero-order valence-electron chi connectivity index (χ0n) is 10.1. The average molecular weight is 243 g/mol. The van der Waals surface area contributed by atoms with Gasteiger partial charge in [0.05, 0.1) is 17.5 Å². The molecule has 1 fully saturated rings. The van der Waals surface area contributed by atoms with Gasteiger partial charge in [0.2, 0.25) is 0 Å². The normalized spacial score (nSPS) is 22.7. The second-order valence-electron chi connectivity index (χ2n) is 5.00. The highest BCUT2D eigenvalue weighted by Gasteiger charge is 2.26. The fourth-order valence-electron chi connectivity index (χ4n) is 2.47. The van der Waals surface area contributed by atoms with Crippen molar-refractivity contribution in [1.29, 1.82) is 0 Å². The number of pyridine rings is 1. The van der Waals surface area contributed by atoms with E-state index in [1.165, 1.54) is 0 Å². The number of aliphatic hydroxyl groups is 1. The first-order valence-electron chi connectivity index (χ1n) is 6.28. The Balaban J connectivity index is 1.77. The van der Waals surface area contributed by atoms with E-state index in [0.29, 0.717) is 5.92 Å². The maximum atomic E-state index is 9.25. The number of aromatic nitrogens is 1. The Hall–Kier alpha value is -1.81. The molecule has 1 aliphatic rings. The molecule has 0 saturated heterocycles. The fraction of sp³-hybridized carbons (Fsp3) is 0.357. The van der Waals surface area contributed by atoms with Crippen LogP contribution in [0, 0.1) is 5.92 Å². The highest BCUT2D eigenvalue weighted by molar-refractivity contribution is 5.98. The quantitative estimate of drug-likeness (QED) is 0.721. The van der Waals surface area contributed by atoms with Crippen LogP contribution < -0.4 is 11.1 Å². The molecule has 0 amide bonds. The van der Waals surface area contributed by atoms with Crippen LogP contribution in [0.3, 0.4) is 0 Å². The van der Waals surface area contributed by atoms with Crippen LogP contribution in [0.2, 0.25) is 0 Å². The van der Waals surface area contributed by atoms with Gasteiger partial charge in [-0.25, -0.2) is 0 Å². The molecule has 1 aromatic heterocycles. The zero-order chi connectivity index (χ0) is 12.5. The van der Waals surface area contributed by atoms with Crippen molar-refractivity contribution in [2.75, 3.05) is 17.6 Å². The summed E-state index contributed by atoms with van der Waals surface area (Å²) in [5.74, 6) is 0.563. The summed E-state index contributed by atoms with van der Waals surface area (Å²) in [5.41, 5.74) is 7.89. The van der Waals surface area contributed by atoms with Gasteiger partial charge >= 0.3 is 0 Å². The third-order valence-corrected chi connectivity index (χ3v) is 3.65. The Morgan fingerprint density at radius 2 is 2.17 bits per heavy atom. The molecule has 94 valence electrons. The number of hydrogen-bond donors (Lipinski definition) is 3. The molecule has 4 nitrogen and oxygen atoms in total. The molecule has 4 heteroatoms. The van der Waals surface area contributed by atoms with Crippen LogP contribution in [0.1, 0.15) is 12.8 Å². The molecule has 0 aliphatic heterocycles. The topological polar surface area (TPSA) is 71.2 Å². The van der Waals surface area contributed by atoms with Gasteiger partial charge in [0, 0.05) is 29.7 Å². The van der Waals surface area contributed by atoms with Crippen molar-refractivity contribution in [3.05, 3.63) is 30.6 Å². The molecule has 1 aliphatic carbocycles. The number of rotatable bonds is 3. The predicted molar refractivity (Wildman–Crippen MR) is 73.4 cm³/mol. The smallest absolute Gasteiger partial charge is 0.0630 e. The van der Waals surface area contributed by atoms with E-state index in [1.54, 1.807) is 6.20 Å². The number of benzene rings is 1. The maximum Gasteiger partial charge on any atom is 0.0630 e. The van der Waals surface area contributed by atoms with E-state index in [-0.39, 0.29) is 6.10 Å². The van der Waals surface area contributed by atoms with Crippen LogP contribution in [-0.4, -0.2) is 22.7 Å². The number of nitrogens with one attached hydrogen (secondary N) is 1. The summed E-state index contributed by atoms with van der Waals surface area (Å²) in [6, 6.07) is 5.95. The highest BCUT2D eigenvalue weighted by atomic mass is 16.3. The molecule has 0 spiro atoms. The molecule has 18 heavy (non-hydrogen) atoms. The number of nitrogens with two attached hydrogens (primary N) is 1. The third-order valence-electron chi connectivity index (χ3n) is 3.65. The molecule has 0 atom stereocenters. The van der Waals surface area contributed by atoms with Gasteiger partial charge in [0.1, 0.15) is 0 Å². The average Bonchev–Trinajstić information content (AvgIpc) is 2.36. The number of hydrogen-bond acceptors (Lipinski definition) is 4. The van der Waals surface area contributed by atoms with Crippen LogP contribution in [0.5, 0.6) is 0 Å². The van der Waals surface area contributed by atoms with Crippen molar-refractivity contribution in [3.63, 3.8) is 0 Å². The molecule has 0 unspecified atom stereocenters. The predicted octanol–water partition coefficient (Wildman–Crippen LogP) is 2.00. The summed E-state index contributed by atoms with van der Waals surface area (Å²) >= 11 is 0. The number of nitrogen functional groups attached to an aromatic ring is 1. The van der Waals surface area contributed by atoms with Crippen molar-refractivity contribution < 1.29 is 5.11 Å². The highest BCUT2D eigenvalue weighted by Crippen LogP contribution is 2.31. The van der Waals surface area contributed by atoms with Gasteiger partial charge in [0.15, 0.2) is 0 Å². The van der Waals surface area contributed by atoms with Crippen molar-refractivity contribution in [1.82, 2.24) is 4.98 Å². The minimum Gasteiger partial charge on any atom is -0.397 e. The van der Waals surface area contributed by atoms with E-state index in [2.05, 4.69) is 10.3 Å². The van der Waals surface area contributed by atoms with E-state index >= 15 is 0 Å². The molecule has 1 saturated carbocycles. The standard InChI is InChI=1S/C14H17N3O/c15-14-12-3-4-16-8-10(12)1-2-13(14)17-7-9-5-11(18)6-9/h1-4,8-9,11,17-18H,5-7,15H2. The molecule has 0 bridgehead atoms. The van der Waals surface area contributed by atoms with Gasteiger partial charge in [-0.3, -0.25) is 4.98 Å². The number of fused-ring (bicyclic) bond motifs is 1. The van der Waals surface area contributed by atoms with Crippen molar-refractivity contribution in [3.8, 4) is 0 Å². The molecular formula is C14H17N3O. The molecular weight excluding hydrogens is 226 g/mol. The second kappa shape index (κ2) is 4.46. The third kappa shape index (κ3) is 1.99. The van der Waals surface area contributed by atoms with Crippen LogP contribution in [0.15, 0.2) is 30.6 Å². The largest absolute Gasteiger partial charge is 0.397 e. The minimum absolute atomic E-state index is 0.100. The summed E-state index contributed by atoms with van der Waals surface area (Å²) in [6.45, 7) is 0.873. The Labute approximate surface area is 106 Å². The monoisotopic (exact) mass is 243 g/mol. The molecule has 2 aromatic rings. The van der Waals surface area contributed by atoms with E-state index in [9.17, 15) is 5.11 Å². The Kier molecular flexibility index (Phi) is 2.80. The van der Waals surface area contributed by atoms with Crippen molar-refractivity contribution >= 4 is 22.1 Å². The van der Waals surface area contributed by atoms with Gasteiger partial charge in [-0.05, 0) is 30.9 Å². The summed E-state index contributed by atoms with van der Waals surface area (Å²) < 4.78 is 0. The zero-order valence-corrected chi connectivity index (χ0v) is 10.1. The second-order valence-corrected chi connectivity index (χ2v) is 5.00. The lowest BCUT2D eigenvalue weighted by molar-refractivity contribution is 0.0487. The van der Waals surface area contributed by atoms with E-state index < -0.39 is 0 Å². The lowest BCUT2D eigenvalue weighted by Gasteiger charge is -2.31. The van der Waals surface area contributed by atoms with Crippen LogP contribution in [0.4, 0.5) is 11.4 Å². The van der Waals surface area contributed by atoms with E-state index in [1.807, 2.05) is 24.4 Å². The Bertz CT molecular complexity index is 564. The first-order chi connectivity index (χ1) is 8.74. The molecule has 3 rings (SSSR count). The SMILES string of the molecule is Nc1c(NCC2CC(O)C2)ccc2cnccc12. The van der Waals surface area contributed by atoms with Crippen molar-refractivity contribution in [2.45, 2.75) is 18.9 Å². The lowest BCUT2D eigenvalue weighted by atomic mass is 9.82. The molecule has 1 aromatic carbocycles. The summed E-state index contributed by atoms with van der Waals surface area (Å²) in [4.78, 5) is 4.08. The molecule has 4 N–H and O–H groups in total. The lowest BCUT2D eigenvalue weighted by Crippen LogP contribution is -2.33. The van der Waals surface area contributed by atoms with Crippen LogP contribution in [-0.2, 0) is 0 Å². The maximum absolute atomic E-state index is 9.25. The summed E-state index contributed by atoms with van der Waals surface area (Å²) in [6.07, 6.45) is 5.26. The van der Waals surface area contributed by atoms with Gasteiger partial charge in [-0.1, -0.05) is 6.07 Å². The Morgan fingerprint density at radius 1 is 1.33 bits per heavy atom. The van der Waals surface area contributed by atoms with Gasteiger partial charge in [-0.2, -0.15) is 0 Å². The van der Waals surface area contributed by atoms with Gasteiger partial charge in [-0.15, -0.1) is 0 Å². The summed E-state index contributed by atoms with van der Waals surface area (Å²) in [7, 11) is 0. The first-order valence-corrected chi connectivity index (χ1v) is 6.28. The van der Waals surface area contributed by atoms with Gasteiger partial charge < -0.3 is 16.2 Å². The fourth-order valence-corrected chi connectivity index (χ4v) is 2.47. The van der Waals surface area contributed by atoms with Gasteiger partial charge in [0.25, 0.3) is 0 Å². The summed E-state index contributed by atoms with van der Waals surface area (Å²) in [5, 5.41) is 14.7. The Morgan fingerprint density at radius 3 is 2.94 bits per heavy atom. The first kappa shape index (κ1) is 11.3. The minimum atomic E-state index is -0.100. The van der Waals surface area contributed by atoms with Crippen LogP contribution >= 0.6 is 0 Å². The van der Waals surface area contributed by atoms with E-state index in [4.69, 9.17) is 5.73 Å². The molecule has 1 heterocycles. The van der Waals surface area contributed by atoms with Crippen molar-refractivity contribution in [2.24, 2.45) is 5.92 Å². The number of nitrogens with zero attached hydrogens (tertiary/aromatic N) is 1. The number of anilines is 2. The van der Waals surface area contributed by atoms with Crippen LogP contribution in [0.25, 0.3) is 10.8 Å². The molecule has 0 radical (unpaired) electrons.